The fraction of sp³-hybridized carbons (Fsp3) is 0.217. The van der Waals surface area contributed by atoms with Gasteiger partial charge in [0.15, 0.2) is 0 Å². The van der Waals surface area contributed by atoms with Gasteiger partial charge in [0.1, 0.15) is 5.75 Å². The van der Waals surface area contributed by atoms with Gasteiger partial charge < -0.3 is 10.1 Å². The van der Waals surface area contributed by atoms with Gasteiger partial charge in [-0.1, -0.05) is 43.7 Å². The highest BCUT2D eigenvalue weighted by Gasteiger charge is 2.09. The highest BCUT2D eigenvalue weighted by atomic mass is 35.5. The summed E-state index contributed by atoms with van der Waals surface area (Å²) in [7, 11) is 1.59. The molecular weight excluding hydrogens is 386 g/mol. The van der Waals surface area contributed by atoms with E-state index in [0.717, 1.165) is 29.7 Å². The molecule has 1 aromatic heterocycles. The molecule has 0 atom stereocenters. The second-order valence-corrected chi connectivity index (χ2v) is 6.91. The molecule has 150 valence electrons. The lowest BCUT2D eigenvalue weighted by Gasteiger charge is -2.11. The Morgan fingerprint density at radius 2 is 2.03 bits per heavy atom. The summed E-state index contributed by atoms with van der Waals surface area (Å²) in [6.07, 6.45) is 8.76. The van der Waals surface area contributed by atoms with Crippen molar-refractivity contribution < 1.29 is 9.53 Å². The normalized spacial score (nSPS) is 11.0. The Kier molecular flexibility index (Phi) is 7.09. The lowest BCUT2D eigenvalue weighted by molar-refractivity contribution is -0.116. The van der Waals surface area contributed by atoms with E-state index in [1.807, 2.05) is 30.3 Å². The summed E-state index contributed by atoms with van der Waals surface area (Å²) in [4.78, 5) is 16.3. The minimum absolute atomic E-state index is 0.142. The van der Waals surface area contributed by atoms with Crippen LogP contribution in [0.2, 0.25) is 5.28 Å². The summed E-state index contributed by atoms with van der Waals surface area (Å²) in [5.74, 6) is 0.498. The van der Waals surface area contributed by atoms with Crippen LogP contribution in [0.5, 0.6) is 5.75 Å². The van der Waals surface area contributed by atoms with Crippen LogP contribution in [0.15, 0.2) is 60.9 Å². The SMILES string of the molecule is CCCc1ccccc1CNC(=O)/C=C/c1ccc(-n2ccnc2Cl)c(OC)c1. The Bertz CT molecular complexity index is 1010. The van der Waals surface area contributed by atoms with E-state index in [2.05, 4.69) is 29.4 Å². The van der Waals surface area contributed by atoms with Crippen molar-refractivity contribution in [3.8, 4) is 11.4 Å². The van der Waals surface area contributed by atoms with Gasteiger partial charge in [-0.05, 0) is 52.9 Å². The smallest absolute Gasteiger partial charge is 0.244 e. The molecule has 0 aliphatic rings. The van der Waals surface area contributed by atoms with Crippen LogP contribution in [-0.4, -0.2) is 22.6 Å². The maximum absolute atomic E-state index is 12.3. The highest BCUT2D eigenvalue weighted by molar-refractivity contribution is 6.28. The summed E-state index contributed by atoms with van der Waals surface area (Å²) in [6.45, 7) is 2.67. The lowest BCUT2D eigenvalue weighted by atomic mass is 10.0. The first-order valence-corrected chi connectivity index (χ1v) is 9.90. The summed E-state index contributed by atoms with van der Waals surface area (Å²) >= 11 is 6.09. The van der Waals surface area contributed by atoms with E-state index in [0.29, 0.717) is 17.6 Å². The van der Waals surface area contributed by atoms with Crippen molar-refractivity contribution in [1.29, 1.82) is 0 Å². The van der Waals surface area contributed by atoms with E-state index < -0.39 is 0 Å². The Balaban J connectivity index is 1.67. The molecule has 0 radical (unpaired) electrons. The van der Waals surface area contributed by atoms with Gasteiger partial charge in [-0.25, -0.2) is 4.98 Å². The summed E-state index contributed by atoms with van der Waals surface area (Å²) in [5.41, 5.74) is 4.06. The number of hydrogen-bond acceptors (Lipinski definition) is 3. The van der Waals surface area contributed by atoms with Gasteiger partial charge in [-0.15, -0.1) is 0 Å². The third kappa shape index (κ3) is 5.27. The van der Waals surface area contributed by atoms with Crippen molar-refractivity contribution in [3.63, 3.8) is 0 Å². The number of ether oxygens (including phenoxy) is 1. The molecule has 1 amide bonds. The minimum atomic E-state index is -0.142. The maximum Gasteiger partial charge on any atom is 0.244 e. The van der Waals surface area contributed by atoms with E-state index in [1.165, 1.54) is 11.6 Å². The number of hydrogen-bond donors (Lipinski definition) is 1. The second-order valence-electron chi connectivity index (χ2n) is 6.57. The summed E-state index contributed by atoms with van der Waals surface area (Å²) in [6, 6.07) is 13.8. The van der Waals surface area contributed by atoms with Crippen molar-refractivity contribution in [2.45, 2.75) is 26.3 Å². The van der Waals surface area contributed by atoms with Crippen molar-refractivity contribution in [2.75, 3.05) is 7.11 Å². The van der Waals surface area contributed by atoms with Gasteiger partial charge in [0.2, 0.25) is 11.2 Å². The topological polar surface area (TPSA) is 56.2 Å². The number of aryl methyl sites for hydroxylation is 1. The number of nitrogens with one attached hydrogen (secondary N) is 1. The molecule has 3 rings (SSSR count). The molecule has 2 aromatic carbocycles. The van der Waals surface area contributed by atoms with Gasteiger partial charge in [-0.2, -0.15) is 0 Å². The summed E-state index contributed by atoms with van der Waals surface area (Å²) in [5, 5.41) is 3.31. The Morgan fingerprint density at radius 3 is 2.72 bits per heavy atom. The van der Waals surface area contributed by atoms with Gasteiger partial charge >= 0.3 is 0 Å². The van der Waals surface area contributed by atoms with Crippen LogP contribution in [0.4, 0.5) is 0 Å². The highest BCUT2D eigenvalue weighted by Crippen LogP contribution is 2.27. The van der Waals surface area contributed by atoms with Crippen LogP contribution < -0.4 is 10.1 Å². The first-order valence-electron chi connectivity index (χ1n) is 9.52. The standard InChI is InChI=1S/C23H24ClN3O2/c1-3-6-18-7-4-5-8-19(18)16-26-22(28)12-10-17-9-11-20(21(15-17)29-2)27-14-13-25-23(27)24/h4-5,7-15H,3,6,16H2,1-2H3,(H,26,28)/b12-10+. The third-order valence-electron chi connectivity index (χ3n) is 4.58. The number of nitrogens with zero attached hydrogens (tertiary/aromatic N) is 2. The van der Waals surface area contributed by atoms with Gasteiger partial charge in [0.05, 0.1) is 12.8 Å². The fourth-order valence-electron chi connectivity index (χ4n) is 3.12. The fourth-order valence-corrected chi connectivity index (χ4v) is 3.32. The number of imidazole rings is 1. The van der Waals surface area contributed by atoms with E-state index in [-0.39, 0.29) is 5.91 Å². The number of methoxy groups -OCH3 is 1. The number of carbonyl (C=O) groups is 1. The maximum atomic E-state index is 12.3. The Labute approximate surface area is 176 Å². The first kappa shape index (κ1) is 20.7. The number of carbonyl (C=O) groups excluding carboxylic acids is 1. The van der Waals surface area contributed by atoms with Crippen LogP contribution in [0.1, 0.15) is 30.0 Å². The number of amides is 1. The molecule has 3 aromatic rings. The van der Waals surface area contributed by atoms with Gasteiger partial charge in [-0.3, -0.25) is 9.36 Å². The van der Waals surface area contributed by atoms with Gasteiger partial charge in [0, 0.05) is 25.0 Å². The second kappa shape index (κ2) is 9.94. The quantitative estimate of drug-likeness (QED) is 0.543. The number of aromatic nitrogens is 2. The predicted octanol–water partition coefficient (Wildman–Crippen LogP) is 4.82. The van der Waals surface area contributed by atoms with E-state index >= 15 is 0 Å². The monoisotopic (exact) mass is 409 g/mol. The van der Waals surface area contributed by atoms with Crippen LogP contribution in [0, 0.1) is 0 Å². The van der Waals surface area contributed by atoms with E-state index in [9.17, 15) is 4.79 Å². The van der Waals surface area contributed by atoms with Crippen molar-refractivity contribution >= 4 is 23.6 Å². The largest absolute Gasteiger partial charge is 0.495 e. The molecule has 6 heteroatoms. The molecule has 0 saturated heterocycles. The molecule has 5 nitrogen and oxygen atoms in total. The molecular formula is C23H24ClN3O2. The lowest BCUT2D eigenvalue weighted by Crippen LogP contribution is -2.21. The van der Waals surface area contributed by atoms with E-state index in [1.54, 1.807) is 30.1 Å². The summed E-state index contributed by atoms with van der Waals surface area (Å²) < 4.78 is 7.20. The molecule has 0 fully saturated rings. The Hall–Kier alpha value is -3.05. The van der Waals surface area contributed by atoms with Crippen LogP contribution in [0.25, 0.3) is 11.8 Å². The van der Waals surface area contributed by atoms with E-state index in [4.69, 9.17) is 16.3 Å². The molecule has 0 spiro atoms. The molecule has 0 aliphatic carbocycles. The van der Waals surface area contributed by atoms with Crippen molar-refractivity contribution in [2.24, 2.45) is 0 Å². The number of benzene rings is 2. The van der Waals surface area contributed by atoms with Crippen LogP contribution in [0.3, 0.4) is 0 Å². The third-order valence-corrected chi connectivity index (χ3v) is 4.86. The molecule has 1 heterocycles. The first-order chi connectivity index (χ1) is 14.1. The number of rotatable bonds is 8. The molecule has 0 unspecified atom stereocenters. The zero-order chi connectivity index (χ0) is 20.6. The van der Waals surface area contributed by atoms with Crippen molar-refractivity contribution in [1.82, 2.24) is 14.9 Å². The van der Waals surface area contributed by atoms with Crippen LogP contribution in [-0.2, 0) is 17.8 Å². The molecule has 0 bridgehead atoms. The zero-order valence-electron chi connectivity index (χ0n) is 16.6. The molecule has 1 N–H and O–H groups in total. The average molecular weight is 410 g/mol. The van der Waals surface area contributed by atoms with Gasteiger partial charge in [0.25, 0.3) is 0 Å². The molecule has 29 heavy (non-hydrogen) atoms. The molecule has 0 aliphatic heterocycles. The predicted molar refractivity (Wildman–Crippen MR) is 116 cm³/mol. The van der Waals surface area contributed by atoms with Crippen LogP contribution >= 0.6 is 11.6 Å². The Morgan fingerprint density at radius 1 is 1.24 bits per heavy atom. The minimum Gasteiger partial charge on any atom is -0.495 e. The number of halogens is 1. The molecule has 0 saturated carbocycles. The average Bonchev–Trinajstić information content (AvgIpc) is 3.17. The van der Waals surface area contributed by atoms with Crippen molar-refractivity contribution in [3.05, 3.63) is 82.9 Å². The zero-order valence-corrected chi connectivity index (χ0v) is 17.3.